The molecule has 1 rings (SSSR count). The summed E-state index contributed by atoms with van der Waals surface area (Å²) >= 11 is 1.85. The van der Waals surface area contributed by atoms with Crippen molar-refractivity contribution in [2.75, 3.05) is 57.9 Å². The van der Waals surface area contributed by atoms with Crippen LogP contribution in [-0.2, 0) is 4.74 Å². The number of ether oxygens (including phenoxy) is 1. The Bertz CT molecular complexity index is 299. The van der Waals surface area contributed by atoms with Gasteiger partial charge in [0.05, 0.1) is 19.8 Å². The van der Waals surface area contributed by atoms with Gasteiger partial charge in [0.25, 0.3) is 0 Å². The minimum Gasteiger partial charge on any atom is -0.379 e. The highest BCUT2D eigenvalue weighted by atomic mass is 127. The molecule has 1 aliphatic rings. The monoisotopic (exact) mass is 444 g/mol. The van der Waals surface area contributed by atoms with Crippen LogP contribution in [0, 0.1) is 5.92 Å². The number of hydrogen-bond donors (Lipinski definition) is 2. The smallest absolute Gasteiger partial charge is 0.191 e. The van der Waals surface area contributed by atoms with Gasteiger partial charge in [-0.1, -0.05) is 13.8 Å². The summed E-state index contributed by atoms with van der Waals surface area (Å²) < 4.78 is 5.45. The second-order valence-corrected chi connectivity index (χ2v) is 6.58. The van der Waals surface area contributed by atoms with Crippen molar-refractivity contribution < 1.29 is 4.74 Å². The van der Waals surface area contributed by atoms with Crippen LogP contribution >= 0.6 is 35.7 Å². The van der Waals surface area contributed by atoms with Gasteiger partial charge in [-0.25, -0.2) is 0 Å². The Morgan fingerprint density at radius 3 is 2.50 bits per heavy atom. The van der Waals surface area contributed by atoms with Crippen LogP contribution in [0.25, 0.3) is 0 Å². The lowest BCUT2D eigenvalue weighted by atomic mass is 10.0. The molecule has 1 aliphatic heterocycles. The Kier molecular flexibility index (Phi) is 13.9. The second-order valence-electron chi connectivity index (χ2n) is 5.60. The first-order valence-electron chi connectivity index (χ1n) is 8.02. The molecule has 22 heavy (non-hydrogen) atoms. The fourth-order valence-corrected chi connectivity index (χ4v) is 2.76. The van der Waals surface area contributed by atoms with Crippen molar-refractivity contribution >= 4 is 41.7 Å². The molecule has 0 amide bonds. The lowest BCUT2D eigenvalue weighted by Gasteiger charge is -2.36. The number of rotatable bonds is 8. The molecule has 2 N–H and O–H groups in total. The van der Waals surface area contributed by atoms with Gasteiger partial charge in [0.1, 0.15) is 0 Å². The number of nitrogens with one attached hydrogen (secondary N) is 2. The summed E-state index contributed by atoms with van der Waals surface area (Å²) in [5, 5.41) is 6.72. The lowest BCUT2D eigenvalue weighted by molar-refractivity contribution is 0.00867. The van der Waals surface area contributed by atoms with Crippen LogP contribution in [0.1, 0.15) is 20.8 Å². The normalized spacial score (nSPS) is 18.0. The van der Waals surface area contributed by atoms with Crippen LogP contribution in [-0.4, -0.2) is 74.8 Å². The minimum absolute atomic E-state index is 0. The standard InChI is InChI=1S/C15H32N4OS.HI/c1-5-16-15(17-6-11-21-4)18-12-14(13(2)3)19-7-9-20-10-8-19;/h13-14H,5-12H2,1-4H3,(H2,16,17,18);1H. The number of nitrogens with zero attached hydrogens (tertiary/aromatic N) is 2. The summed E-state index contributed by atoms with van der Waals surface area (Å²) in [5.41, 5.74) is 0. The molecule has 0 aliphatic carbocycles. The summed E-state index contributed by atoms with van der Waals surface area (Å²) in [7, 11) is 0. The van der Waals surface area contributed by atoms with Crippen LogP contribution in [0.4, 0.5) is 0 Å². The Balaban J connectivity index is 0.00000441. The predicted molar refractivity (Wildman–Crippen MR) is 109 cm³/mol. The van der Waals surface area contributed by atoms with Gasteiger partial charge in [0.15, 0.2) is 5.96 Å². The largest absolute Gasteiger partial charge is 0.379 e. The van der Waals surface area contributed by atoms with Gasteiger partial charge in [0, 0.05) is 38.0 Å². The van der Waals surface area contributed by atoms with Gasteiger partial charge in [0.2, 0.25) is 0 Å². The van der Waals surface area contributed by atoms with E-state index in [0.29, 0.717) is 12.0 Å². The number of hydrogen-bond acceptors (Lipinski definition) is 4. The van der Waals surface area contributed by atoms with Gasteiger partial charge in [-0.2, -0.15) is 11.8 Å². The zero-order valence-corrected chi connectivity index (χ0v) is 17.6. The first-order valence-corrected chi connectivity index (χ1v) is 9.41. The third kappa shape index (κ3) is 8.79. The molecule has 0 bridgehead atoms. The van der Waals surface area contributed by atoms with Gasteiger partial charge in [-0.3, -0.25) is 9.89 Å². The topological polar surface area (TPSA) is 48.9 Å². The molecule has 0 aromatic rings. The van der Waals surface area contributed by atoms with E-state index in [2.05, 4.69) is 42.6 Å². The Morgan fingerprint density at radius 1 is 1.27 bits per heavy atom. The molecule has 1 fully saturated rings. The maximum atomic E-state index is 5.45. The number of guanidine groups is 1. The molecule has 1 unspecified atom stereocenters. The summed E-state index contributed by atoms with van der Waals surface area (Å²) in [5.74, 6) is 2.63. The van der Waals surface area contributed by atoms with Crippen LogP contribution in [0.15, 0.2) is 4.99 Å². The minimum atomic E-state index is 0. The van der Waals surface area contributed by atoms with Crippen molar-refractivity contribution in [2.45, 2.75) is 26.8 Å². The van der Waals surface area contributed by atoms with E-state index in [-0.39, 0.29) is 24.0 Å². The zero-order valence-electron chi connectivity index (χ0n) is 14.4. The van der Waals surface area contributed by atoms with E-state index in [1.165, 1.54) is 0 Å². The Morgan fingerprint density at radius 2 is 1.95 bits per heavy atom. The molecule has 1 saturated heterocycles. The average Bonchev–Trinajstić information content (AvgIpc) is 2.48. The van der Waals surface area contributed by atoms with Crippen molar-refractivity contribution in [3.63, 3.8) is 0 Å². The van der Waals surface area contributed by atoms with Crippen molar-refractivity contribution in [3.8, 4) is 0 Å². The molecule has 1 heterocycles. The molecule has 0 aromatic carbocycles. The third-order valence-corrected chi connectivity index (χ3v) is 4.28. The van der Waals surface area contributed by atoms with E-state index in [9.17, 15) is 0 Å². The summed E-state index contributed by atoms with van der Waals surface area (Å²) in [6, 6.07) is 0.491. The van der Waals surface area contributed by atoms with E-state index < -0.39 is 0 Å². The second kappa shape index (κ2) is 13.7. The van der Waals surface area contributed by atoms with E-state index in [1.54, 1.807) is 0 Å². The Labute approximate surface area is 157 Å². The average molecular weight is 444 g/mol. The number of halogens is 1. The zero-order chi connectivity index (χ0) is 15.5. The van der Waals surface area contributed by atoms with Crippen molar-refractivity contribution in [1.29, 1.82) is 0 Å². The molecule has 0 saturated carbocycles. The summed E-state index contributed by atoms with van der Waals surface area (Å²) in [6.45, 7) is 13.1. The van der Waals surface area contributed by atoms with E-state index >= 15 is 0 Å². The van der Waals surface area contributed by atoms with Crippen LogP contribution in [0.3, 0.4) is 0 Å². The van der Waals surface area contributed by atoms with Crippen molar-refractivity contribution in [3.05, 3.63) is 0 Å². The van der Waals surface area contributed by atoms with Crippen LogP contribution in [0.2, 0.25) is 0 Å². The molecule has 7 heteroatoms. The maximum absolute atomic E-state index is 5.45. The maximum Gasteiger partial charge on any atom is 0.191 e. The van der Waals surface area contributed by atoms with E-state index in [1.807, 2.05) is 11.8 Å². The van der Waals surface area contributed by atoms with Gasteiger partial charge < -0.3 is 15.4 Å². The molecule has 0 radical (unpaired) electrons. The highest BCUT2D eigenvalue weighted by molar-refractivity contribution is 14.0. The molecular formula is C15H33IN4OS. The fourth-order valence-electron chi connectivity index (χ4n) is 2.46. The molecule has 1 atom stereocenters. The van der Waals surface area contributed by atoms with E-state index in [4.69, 9.17) is 9.73 Å². The Hall–Kier alpha value is 0.270. The number of morpholine rings is 1. The number of aliphatic imine (C=N–C) groups is 1. The first kappa shape index (κ1) is 22.3. The highest BCUT2D eigenvalue weighted by Gasteiger charge is 2.23. The summed E-state index contributed by atoms with van der Waals surface area (Å²) in [6.07, 6.45) is 2.12. The van der Waals surface area contributed by atoms with Gasteiger partial charge in [-0.15, -0.1) is 24.0 Å². The molecule has 0 aromatic heterocycles. The van der Waals surface area contributed by atoms with Crippen LogP contribution in [0.5, 0.6) is 0 Å². The number of thioether (sulfide) groups is 1. The SMILES string of the molecule is CCNC(=NCC(C(C)C)N1CCOCC1)NCCSC.I. The molecule has 0 spiro atoms. The van der Waals surface area contributed by atoms with Crippen molar-refractivity contribution in [2.24, 2.45) is 10.9 Å². The molecule has 5 nitrogen and oxygen atoms in total. The van der Waals surface area contributed by atoms with E-state index in [0.717, 1.165) is 57.6 Å². The predicted octanol–water partition coefficient (Wildman–Crippen LogP) is 1.88. The van der Waals surface area contributed by atoms with Gasteiger partial charge in [-0.05, 0) is 19.1 Å². The fraction of sp³-hybridized carbons (Fsp3) is 0.933. The molecule has 132 valence electrons. The van der Waals surface area contributed by atoms with Crippen molar-refractivity contribution in [1.82, 2.24) is 15.5 Å². The quantitative estimate of drug-likeness (QED) is 0.259. The summed E-state index contributed by atoms with van der Waals surface area (Å²) in [4.78, 5) is 7.30. The first-order chi connectivity index (χ1) is 10.2. The van der Waals surface area contributed by atoms with Crippen LogP contribution < -0.4 is 10.6 Å². The lowest BCUT2D eigenvalue weighted by Crippen LogP contribution is -2.48. The molecular weight excluding hydrogens is 411 g/mol. The highest BCUT2D eigenvalue weighted by Crippen LogP contribution is 2.13. The van der Waals surface area contributed by atoms with Gasteiger partial charge >= 0.3 is 0 Å². The third-order valence-electron chi connectivity index (χ3n) is 3.66.